The molecule has 0 aliphatic heterocycles. The predicted molar refractivity (Wildman–Crippen MR) is 124 cm³/mol. The van der Waals surface area contributed by atoms with Crippen molar-refractivity contribution < 1.29 is 4.79 Å². The van der Waals surface area contributed by atoms with Crippen molar-refractivity contribution in [3.63, 3.8) is 0 Å². The van der Waals surface area contributed by atoms with E-state index in [9.17, 15) is 4.79 Å². The van der Waals surface area contributed by atoms with Gasteiger partial charge in [0, 0.05) is 35.2 Å². The number of nitrogens with zero attached hydrogens (tertiary/aromatic N) is 2. The summed E-state index contributed by atoms with van der Waals surface area (Å²) in [6, 6.07) is 7.53. The number of carbonyl (C=O) groups excluding carboxylic acids is 1. The van der Waals surface area contributed by atoms with Gasteiger partial charge in [-0.3, -0.25) is 4.79 Å². The summed E-state index contributed by atoms with van der Waals surface area (Å²) in [5.74, 6) is 0.0224. The van der Waals surface area contributed by atoms with Crippen LogP contribution in [-0.4, -0.2) is 49.0 Å². The van der Waals surface area contributed by atoms with Crippen molar-refractivity contribution in [3.8, 4) is 0 Å². The van der Waals surface area contributed by atoms with Crippen LogP contribution in [0.2, 0.25) is 5.02 Å². The van der Waals surface area contributed by atoms with Gasteiger partial charge in [0.05, 0.1) is 5.71 Å². The summed E-state index contributed by atoms with van der Waals surface area (Å²) in [7, 11) is 0. The SMILES string of the molecule is C/C=C/C(=N\NCC(=O)N(CC)CCNc1ccc(Cl)cc1)C(=C/CC)/SC. The Morgan fingerprint density at radius 3 is 2.57 bits per heavy atom. The molecule has 0 fully saturated rings. The molecule has 0 atom stereocenters. The van der Waals surface area contributed by atoms with Gasteiger partial charge in [-0.05, 0) is 56.9 Å². The minimum absolute atomic E-state index is 0.0224. The molecule has 0 spiro atoms. The maximum atomic E-state index is 12.5. The van der Waals surface area contributed by atoms with E-state index in [-0.39, 0.29) is 12.5 Å². The third-order valence-electron chi connectivity index (χ3n) is 3.91. The van der Waals surface area contributed by atoms with Crippen molar-refractivity contribution >= 4 is 40.7 Å². The molecule has 28 heavy (non-hydrogen) atoms. The fourth-order valence-electron chi connectivity index (χ4n) is 2.48. The fraction of sp³-hybridized carbons (Fsp3) is 0.429. The quantitative estimate of drug-likeness (QED) is 0.376. The molecule has 1 rings (SSSR count). The first-order chi connectivity index (χ1) is 13.5. The van der Waals surface area contributed by atoms with Crippen LogP contribution < -0.4 is 10.7 Å². The molecule has 0 bridgehead atoms. The van der Waals surface area contributed by atoms with E-state index < -0.39 is 0 Å². The van der Waals surface area contributed by atoms with E-state index in [0.29, 0.717) is 24.7 Å². The van der Waals surface area contributed by atoms with Gasteiger partial charge in [0.25, 0.3) is 0 Å². The zero-order chi connectivity index (χ0) is 20.8. The molecular formula is C21H31ClN4OS. The Morgan fingerprint density at radius 1 is 1.29 bits per heavy atom. The summed E-state index contributed by atoms with van der Waals surface area (Å²) in [6.07, 6.45) is 8.99. The van der Waals surface area contributed by atoms with Gasteiger partial charge >= 0.3 is 0 Å². The molecule has 0 radical (unpaired) electrons. The third kappa shape index (κ3) is 8.85. The number of likely N-dealkylation sites (N-methyl/N-ethyl adjacent to an activating group) is 1. The Balaban J connectivity index is 2.55. The lowest BCUT2D eigenvalue weighted by Gasteiger charge is -2.21. The first kappa shape index (κ1) is 24.1. The van der Waals surface area contributed by atoms with E-state index in [4.69, 9.17) is 11.6 Å². The molecule has 1 aromatic rings. The van der Waals surface area contributed by atoms with Gasteiger partial charge in [-0.15, -0.1) is 11.8 Å². The number of carbonyl (C=O) groups is 1. The monoisotopic (exact) mass is 422 g/mol. The number of benzene rings is 1. The van der Waals surface area contributed by atoms with Crippen molar-refractivity contribution in [1.29, 1.82) is 0 Å². The second-order valence-electron chi connectivity index (χ2n) is 5.92. The molecule has 0 unspecified atom stereocenters. The van der Waals surface area contributed by atoms with Crippen LogP contribution >= 0.6 is 23.4 Å². The Hall–Kier alpha value is -1.92. The number of hydrazone groups is 1. The number of hydrogen-bond acceptors (Lipinski definition) is 5. The molecule has 154 valence electrons. The molecule has 1 aromatic carbocycles. The molecular weight excluding hydrogens is 392 g/mol. The van der Waals surface area contributed by atoms with E-state index >= 15 is 0 Å². The Bertz CT molecular complexity index is 686. The molecule has 2 N–H and O–H groups in total. The van der Waals surface area contributed by atoms with Crippen molar-refractivity contribution in [1.82, 2.24) is 10.3 Å². The number of nitrogens with one attached hydrogen (secondary N) is 2. The van der Waals surface area contributed by atoms with Crippen LogP contribution in [0.5, 0.6) is 0 Å². The van der Waals surface area contributed by atoms with Crippen LogP contribution in [0.1, 0.15) is 27.2 Å². The molecule has 0 aromatic heterocycles. The van der Waals surface area contributed by atoms with Crippen LogP contribution in [-0.2, 0) is 4.79 Å². The lowest BCUT2D eigenvalue weighted by atomic mass is 10.3. The highest BCUT2D eigenvalue weighted by atomic mass is 35.5. The molecule has 0 aliphatic carbocycles. The first-order valence-corrected chi connectivity index (χ1v) is 11.1. The van der Waals surface area contributed by atoms with Gasteiger partial charge < -0.3 is 15.6 Å². The van der Waals surface area contributed by atoms with Gasteiger partial charge in [-0.1, -0.05) is 30.7 Å². The highest BCUT2D eigenvalue weighted by Gasteiger charge is 2.11. The van der Waals surface area contributed by atoms with Gasteiger partial charge in [-0.2, -0.15) is 5.10 Å². The lowest BCUT2D eigenvalue weighted by molar-refractivity contribution is -0.129. The van der Waals surface area contributed by atoms with E-state index in [1.165, 1.54) is 0 Å². The van der Waals surface area contributed by atoms with Crippen molar-refractivity contribution in [2.24, 2.45) is 5.10 Å². The van der Waals surface area contributed by atoms with Gasteiger partial charge in [0.15, 0.2) is 0 Å². The molecule has 0 saturated carbocycles. The van der Waals surface area contributed by atoms with Gasteiger partial charge in [-0.25, -0.2) is 0 Å². The number of halogens is 1. The molecule has 0 saturated heterocycles. The van der Waals surface area contributed by atoms with Crippen molar-refractivity contribution in [2.45, 2.75) is 27.2 Å². The van der Waals surface area contributed by atoms with Crippen molar-refractivity contribution in [3.05, 3.63) is 52.4 Å². The zero-order valence-corrected chi connectivity index (χ0v) is 18.7. The topological polar surface area (TPSA) is 56.7 Å². The lowest BCUT2D eigenvalue weighted by Crippen LogP contribution is -2.39. The average Bonchev–Trinajstić information content (AvgIpc) is 2.70. The molecule has 0 heterocycles. The fourth-order valence-corrected chi connectivity index (χ4v) is 3.26. The second kappa shape index (κ2) is 14.1. The van der Waals surface area contributed by atoms with E-state index in [1.54, 1.807) is 16.7 Å². The number of amides is 1. The number of thioether (sulfide) groups is 1. The third-order valence-corrected chi connectivity index (χ3v) is 4.97. The normalized spacial score (nSPS) is 12.3. The predicted octanol–water partition coefficient (Wildman–Crippen LogP) is 4.78. The van der Waals surface area contributed by atoms with E-state index in [2.05, 4.69) is 28.8 Å². The highest BCUT2D eigenvalue weighted by Crippen LogP contribution is 2.15. The minimum Gasteiger partial charge on any atom is -0.383 e. The van der Waals surface area contributed by atoms with E-state index in [1.807, 2.05) is 56.5 Å². The Kier molecular flexibility index (Phi) is 12.2. The standard InChI is InChI=1S/C21H31ClN4OS/c1-5-8-19(20(28-4)9-6-2)25-24-16-21(27)26(7-3)15-14-23-18-12-10-17(22)11-13-18/h5,8-13,23-24H,6-7,14-16H2,1-4H3/b8-5+,20-9-,25-19+. The maximum Gasteiger partial charge on any atom is 0.243 e. The largest absolute Gasteiger partial charge is 0.383 e. The zero-order valence-electron chi connectivity index (χ0n) is 17.2. The average molecular weight is 423 g/mol. The summed E-state index contributed by atoms with van der Waals surface area (Å²) in [6.45, 7) is 8.14. The van der Waals surface area contributed by atoms with Crippen LogP contribution in [0.15, 0.2) is 52.5 Å². The van der Waals surface area contributed by atoms with Crippen LogP contribution in [0.3, 0.4) is 0 Å². The highest BCUT2D eigenvalue weighted by molar-refractivity contribution is 8.03. The van der Waals surface area contributed by atoms with Crippen LogP contribution in [0.25, 0.3) is 0 Å². The van der Waals surface area contributed by atoms with Crippen LogP contribution in [0.4, 0.5) is 5.69 Å². The van der Waals surface area contributed by atoms with E-state index in [0.717, 1.165) is 22.7 Å². The summed E-state index contributed by atoms with van der Waals surface area (Å²) in [5.41, 5.74) is 4.76. The first-order valence-electron chi connectivity index (χ1n) is 9.50. The van der Waals surface area contributed by atoms with Gasteiger partial charge in [0.1, 0.15) is 6.54 Å². The Morgan fingerprint density at radius 2 is 2.00 bits per heavy atom. The number of allylic oxidation sites excluding steroid dienone is 4. The molecule has 0 aliphatic rings. The second-order valence-corrected chi connectivity index (χ2v) is 7.20. The Labute approximate surface area is 178 Å². The summed E-state index contributed by atoms with van der Waals surface area (Å²) >= 11 is 7.54. The van der Waals surface area contributed by atoms with Crippen molar-refractivity contribution in [2.75, 3.05) is 37.8 Å². The molecule has 5 nitrogen and oxygen atoms in total. The molecule has 1 amide bonds. The summed E-state index contributed by atoms with van der Waals surface area (Å²) < 4.78 is 0. The number of rotatable bonds is 12. The summed E-state index contributed by atoms with van der Waals surface area (Å²) in [4.78, 5) is 15.4. The maximum absolute atomic E-state index is 12.5. The van der Waals surface area contributed by atoms with Crippen LogP contribution in [0, 0.1) is 0 Å². The smallest absolute Gasteiger partial charge is 0.243 e. The number of hydrogen-bond donors (Lipinski definition) is 2. The minimum atomic E-state index is 0.0224. The molecule has 7 heteroatoms. The summed E-state index contributed by atoms with van der Waals surface area (Å²) in [5, 5.41) is 8.42. The number of anilines is 1. The van der Waals surface area contributed by atoms with Gasteiger partial charge in [0.2, 0.25) is 5.91 Å².